The van der Waals surface area contributed by atoms with Crippen molar-refractivity contribution in [3.8, 4) is 17.6 Å². The normalized spacial score (nSPS) is 10.0. The number of unbranched alkanes of at least 4 members (excludes halogenated alkanes) is 1. The van der Waals surface area contributed by atoms with E-state index >= 15 is 0 Å². The Labute approximate surface area is 123 Å². The minimum absolute atomic E-state index is 0.0998. The van der Waals surface area contributed by atoms with Gasteiger partial charge < -0.3 is 15.2 Å². The largest absolute Gasteiger partial charge is 0.493 e. The Hall–Kier alpha value is -2.33. The first-order chi connectivity index (χ1) is 9.67. The van der Waals surface area contributed by atoms with Crippen LogP contribution in [0.1, 0.15) is 18.4 Å². The molecule has 0 fully saturated rings. The first-order valence-electron chi connectivity index (χ1n) is 5.93. The fraction of sp³-hybridized carbons (Fsp3) is 0.308. The molecule has 0 saturated carbocycles. The maximum Gasteiger partial charge on any atom is 0.184 e. The van der Waals surface area contributed by atoms with E-state index in [-0.39, 0.29) is 5.11 Å². The highest BCUT2D eigenvalue weighted by atomic mass is 32.1. The van der Waals surface area contributed by atoms with E-state index < -0.39 is 0 Å². The van der Waals surface area contributed by atoms with E-state index in [0.29, 0.717) is 30.9 Å². The molecular weight excluding hydrogens is 276 g/mol. The SMILES string of the molecule is COc1ccc(C=NNC(N)=S)cc1OCCCC#N. The molecule has 0 aliphatic carbocycles. The van der Waals surface area contributed by atoms with Gasteiger partial charge in [0.1, 0.15) is 0 Å². The quantitative estimate of drug-likeness (QED) is 0.343. The Morgan fingerprint density at radius 2 is 2.35 bits per heavy atom. The van der Waals surface area contributed by atoms with Gasteiger partial charge in [-0.15, -0.1) is 0 Å². The number of thiocarbonyl (C=S) groups is 1. The number of hydrogen-bond acceptors (Lipinski definition) is 5. The number of rotatable bonds is 7. The molecule has 0 unspecified atom stereocenters. The van der Waals surface area contributed by atoms with Crippen molar-refractivity contribution in [2.45, 2.75) is 12.8 Å². The molecular formula is C13H16N4O2S. The lowest BCUT2D eigenvalue weighted by atomic mass is 10.2. The fourth-order valence-electron chi connectivity index (χ4n) is 1.39. The number of methoxy groups -OCH3 is 1. The van der Waals surface area contributed by atoms with Crippen molar-refractivity contribution in [1.29, 1.82) is 5.26 Å². The molecule has 0 aliphatic heterocycles. The zero-order valence-electron chi connectivity index (χ0n) is 11.1. The number of nitrogens with one attached hydrogen (secondary N) is 1. The van der Waals surface area contributed by atoms with E-state index in [1.165, 1.54) is 0 Å². The Balaban J connectivity index is 2.72. The topological polar surface area (TPSA) is 92.7 Å². The van der Waals surface area contributed by atoms with Crippen molar-refractivity contribution in [3.05, 3.63) is 23.8 Å². The summed E-state index contributed by atoms with van der Waals surface area (Å²) in [6.07, 6.45) is 2.70. The number of nitrogens with two attached hydrogens (primary N) is 1. The van der Waals surface area contributed by atoms with Crippen LogP contribution < -0.4 is 20.6 Å². The summed E-state index contributed by atoms with van der Waals surface area (Å²) in [4.78, 5) is 0. The number of nitriles is 1. The van der Waals surface area contributed by atoms with Gasteiger partial charge in [-0.1, -0.05) is 0 Å². The molecule has 1 rings (SSSR count). The average Bonchev–Trinajstić information content (AvgIpc) is 2.43. The number of nitrogens with zero attached hydrogens (tertiary/aromatic N) is 2. The van der Waals surface area contributed by atoms with Gasteiger partial charge in [0.15, 0.2) is 16.6 Å². The molecule has 20 heavy (non-hydrogen) atoms. The lowest BCUT2D eigenvalue weighted by Gasteiger charge is -2.10. The molecule has 1 aromatic carbocycles. The highest BCUT2D eigenvalue weighted by molar-refractivity contribution is 7.80. The van der Waals surface area contributed by atoms with Gasteiger partial charge in [-0.3, -0.25) is 5.43 Å². The van der Waals surface area contributed by atoms with E-state index in [1.54, 1.807) is 25.5 Å². The van der Waals surface area contributed by atoms with Gasteiger partial charge in [0.25, 0.3) is 0 Å². The van der Waals surface area contributed by atoms with Crippen LogP contribution in [0, 0.1) is 11.3 Å². The average molecular weight is 292 g/mol. The molecule has 0 aliphatic rings. The molecule has 0 heterocycles. The summed E-state index contributed by atoms with van der Waals surface area (Å²) in [7, 11) is 1.57. The van der Waals surface area contributed by atoms with Gasteiger partial charge in [-0.05, 0) is 42.4 Å². The second kappa shape index (κ2) is 8.72. The van der Waals surface area contributed by atoms with Crippen LogP contribution in [0.15, 0.2) is 23.3 Å². The minimum atomic E-state index is 0.0998. The van der Waals surface area contributed by atoms with Crippen LogP contribution in [0.4, 0.5) is 0 Å². The molecule has 0 spiro atoms. The van der Waals surface area contributed by atoms with Crippen molar-refractivity contribution in [2.75, 3.05) is 13.7 Å². The standard InChI is InChI=1S/C13H16N4O2S/c1-18-11-5-4-10(9-16-17-13(15)20)8-12(11)19-7-3-2-6-14/h4-5,8-9H,2-3,7H2,1H3,(H3,15,17,20). The second-order valence-corrected chi connectivity index (χ2v) is 4.19. The molecule has 0 bridgehead atoms. The summed E-state index contributed by atoms with van der Waals surface area (Å²) in [5.41, 5.74) is 8.54. The lowest BCUT2D eigenvalue weighted by molar-refractivity contribution is 0.291. The van der Waals surface area contributed by atoms with Gasteiger partial charge in [0.05, 0.1) is 26.0 Å². The smallest absolute Gasteiger partial charge is 0.184 e. The molecule has 3 N–H and O–H groups in total. The third-order valence-electron chi connectivity index (χ3n) is 2.27. The number of hydrogen-bond donors (Lipinski definition) is 2. The van der Waals surface area contributed by atoms with E-state index in [4.69, 9.17) is 20.5 Å². The molecule has 0 radical (unpaired) electrons. The zero-order valence-corrected chi connectivity index (χ0v) is 11.9. The summed E-state index contributed by atoms with van der Waals surface area (Å²) in [5.74, 6) is 1.23. The predicted molar refractivity (Wildman–Crippen MR) is 80.9 cm³/mol. The van der Waals surface area contributed by atoms with Crippen LogP contribution in [-0.4, -0.2) is 25.0 Å². The van der Waals surface area contributed by atoms with E-state index in [9.17, 15) is 0 Å². The Kier molecular flexibility index (Phi) is 6.85. The molecule has 0 aromatic heterocycles. The monoisotopic (exact) mass is 292 g/mol. The van der Waals surface area contributed by atoms with Crippen LogP contribution in [0.25, 0.3) is 0 Å². The molecule has 106 valence electrons. The summed E-state index contributed by atoms with van der Waals surface area (Å²) < 4.78 is 10.8. The van der Waals surface area contributed by atoms with E-state index in [1.807, 2.05) is 6.07 Å². The molecule has 0 saturated heterocycles. The maximum absolute atomic E-state index is 8.47. The summed E-state index contributed by atoms with van der Waals surface area (Å²) in [5, 5.41) is 12.4. The first kappa shape index (κ1) is 15.7. The summed E-state index contributed by atoms with van der Waals surface area (Å²) in [6, 6.07) is 7.46. The lowest BCUT2D eigenvalue weighted by Crippen LogP contribution is -2.23. The number of hydrazone groups is 1. The van der Waals surface area contributed by atoms with Crippen molar-refractivity contribution in [3.63, 3.8) is 0 Å². The molecule has 0 amide bonds. The van der Waals surface area contributed by atoms with Crippen molar-refractivity contribution in [1.82, 2.24) is 5.43 Å². The maximum atomic E-state index is 8.47. The highest BCUT2D eigenvalue weighted by Crippen LogP contribution is 2.27. The predicted octanol–water partition coefficient (Wildman–Crippen LogP) is 1.54. The first-order valence-corrected chi connectivity index (χ1v) is 6.34. The van der Waals surface area contributed by atoms with Gasteiger partial charge in [-0.25, -0.2) is 0 Å². The number of benzene rings is 1. The van der Waals surface area contributed by atoms with E-state index in [0.717, 1.165) is 5.56 Å². The molecule has 1 aromatic rings. The third kappa shape index (κ3) is 5.54. The van der Waals surface area contributed by atoms with Crippen molar-refractivity contribution < 1.29 is 9.47 Å². The van der Waals surface area contributed by atoms with Crippen LogP contribution in [0.3, 0.4) is 0 Å². The number of ether oxygens (including phenoxy) is 2. The van der Waals surface area contributed by atoms with Gasteiger partial charge in [0.2, 0.25) is 0 Å². The summed E-state index contributed by atoms with van der Waals surface area (Å²) in [6.45, 7) is 0.454. The minimum Gasteiger partial charge on any atom is -0.493 e. The van der Waals surface area contributed by atoms with Crippen molar-refractivity contribution in [2.24, 2.45) is 10.8 Å². The van der Waals surface area contributed by atoms with E-state index in [2.05, 4.69) is 28.8 Å². The fourth-order valence-corrected chi connectivity index (χ4v) is 1.44. The molecule has 6 nitrogen and oxygen atoms in total. The zero-order chi connectivity index (χ0) is 14.8. The summed E-state index contributed by atoms with van der Waals surface area (Å²) >= 11 is 4.64. The highest BCUT2D eigenvalue weighted by Gasteiger charge is 2.05. The second-order valence-electron chi connectivity index (χ2n) is 3.75. The Morgan fingerprint density at radius 3 is 3.00 bits per heavy atom. The Morgan fingerprint density at radius 1 is 1.55 bits per heavy atom. The molecule has 0 atom stereocenters. The van der Waals surface area contributed by atoms with Gasteiger partial charge in [-0.2, -0.15) is 10.4 Å². The van der Waals surface area contributed by atoms with Crippen LogP contribution in [0.5, 0.6) is 11.5 Å². The third-order valence-corrected chi connectivity index (χ3v) is 2.36. The Bertz CT molecular complexity index is 526. The van der Waals surface area contributed by atoms with Gasteiger partial charge in [0, 0.05) is 6.42 Å². The van der Waals surface area contributed by atoms with Crippen LogP contribution in [0.2, 0.25) is 0 Å². The van der Waals surface area contributed by atoms with Crippen LogP contribution in [-0.2, 0) is 0 Å². The van der Waals surface area contributed by atoms with Gasteiger partial charge >= 0.3 is 0 Å². The van der Waals surface area contributed by atoms with Crippen molar-refractivity contribution >= 4 is 23.5 Å². The van der Waals surface area contributed by atoms with Crippen LogP contribution >= 0.6 is 12.2 Å². The molecule has 7 heteroatoms.